The zero-order chi connectivity index (χ0) is 7.02. The number of nitrogens with zero attached hydrogens (tertiary/aromatic N) is 1. The van der Waals surface area contributed by atoms with E-state index in [0.29, 0.717) is 6.54 Å². The fourth-order valence-corrected chi connectivity index (χ4v) is 1.13. The third-order valence-electron chi connectivity index (χ3n) is 2.00. The Kier molecular flexibility index (Phi) is 1.73. The first-order chi connectivity index (χ1) is 4.13. The molecule has 3 heteroatoms. The van der Waals surface area contributed by atoms with Crippen LogP contribution >= 0.6 is 0 Å². The van der Waals surface area contributed by atoms with Gasteiger partial charge in [0.25, 0.3) is 0 Å². The number of rotatable bonds is 0. The predicted molar refractivity (Wildman–Crippen MR) is 33.0 cm³/mol. The quantitative estimate of drug-likeness (QED) is 0.503. The second-order valence-electron chi connectivity index (χ2n) is 2.69. The average molecular weight is 133 g/mol. The van der Waals surface area contributed by atoms with Gasteiger partial charge in [0.15, 0.2) is 0 Å². The van der Waals surface area contributed by atoms with Crippen molar-refractivity contribution >= 4 is 0 Å². The van der Waals surface area contributed by atoms with Crippen LogP contribution in [0.5, 0.6) is 0 Å². The van der Waals surface area contributed by atoms with Gasteiger partial charge >= 0.3 is 0 Å². The topological polar surface area (TPSA) is 23.5 Å². The van der Waals surface area contributed by atoms with Crippen molar-refractivity contribution in [3.05, 3.63) is 0 Å². The van der Waals surface area contributed by atoms with E-state index >= 15 is 0 Å². The molecule has 1 aliphatic heterocycles. The van der Waals surface area contributed by atoms with Gasteiger partial charge in [0, 0.05) is 12.6 Å². The molecule has 1 saturated heterocycles. The SMILES string of the molecule is C[C@@H]1[C@H](F)[C@@H](O)CN1C. The molecule has 1 N–H and O–H groups in total. The molecule has 0 aromatic heterocycles. The third kappa shape index (κ3) is 1.07. The number of likely N-dealkylation sites (N-methyl/N-ethyl adjacent to an activating group) is 1. The number of likely N-dealkylation sites (tertiary alicyclic amines) is 1. The summed E-state index contributed by atoms with van der Waals surface area (Å²) in [5.74, 6) is 0. The van der Waals surface area contributed by atoms with Crippen LogP contribution < -0.4 is 0 Å². The summed E-state index contributed by atoms with van der Waals surface area (Å²) < 4.78 is 12.7. The summed E-state index contributed by atoms with van der Waals surface area (Å²) in [4.78, 5) is 1.81. The first-order valence-electron chi connectivity index (χ1n) is 3.15. The minimum atomic E-state index is -1.06. The van der Waals surface area contributed by atoms with Crippen molar-refractivity contribution in [1.29, 1.82) is 0 Å². The highest BCUT2D eigenvalue weighted by Crippen LogP contribution is 2.18. The second-order valence-corrected chi connectivity index (χ2v) is 2.69. The fourth-order valence-electron chi connectivity index (χ4n) is 1.13. The van der Waals surface area contributed by atoms with Crippen molar-refractivity contribution in [3.8, 4) is 0 Å². The van der Waals surface area contributed by atoms with Crippen molar-refractivity contribution in [3.63, 3.8) is 0 Å². The summed E-state index contributed by atoms with van der Waals surface area (Å²) in [6.07, 6.45) is -1.83. The largest absolute Gasteiger partial charge is 0.389 e. The molecule has 1 fully saturated rings. The molecule has 1 rings (SSSR count). The van der Waals surface area contributed by atoms with Gasteiger partial charge in [-0.2, -0.15) is 0 Å². The number of β-amino-alcohol motifs (C(OH)–C–C–N with tert-alkyl or cyclic N) is 1. The number of halogens is 1. The van der Waals surface area contributed by atoms with E-state index in [2.05, 4.69) is 0 Å². The molecule has 0 aromatic rings. The maximum Gasteiger partial charge on any atom is 0.142 e. The van der Waals surface area contributed by atoms with Gasteiger partial charge in [-0.25, -0.2) is 4.39 Å². The standard InChI is InChI=1S/C6H12FNO/c1-4-6(7)5(9)3-8(4)2/h4-6,9H,3H2,1-2H3/t4-,5+,6+/m1/s1. The fraction of sp³-hybridized carbons (Fsp3) is 1.00. The highest BCUT2D eigenvalue weighted by molar-refractivity contribution is 4.88. The van der Waals surface area contributed by atoms with Crippen LogP contribution in [0, 0.1) is 0 Å². The second kappa shape index (κ2) is 2.23. The van der Waals surface area contributed by atoms with E-state index in [4.69, 9.17) is 5.11 Å². The number of aliphatic hydroxyl groups is 1. The van der Waals surface area contributed by atoms with E-state index < -0.39 is 12.3 Å². The Morgan fingerprint density at radius 3 is 2.33 bits per heavy atom. The Balaban J connectivity index is 2.54. The zero-order valence-electron chi connectivity index (χ0n) is 5.71. The zero-order valence-corrected chi connectivity index (χ0v) is 5.71. The highest BCUT2D eigenvalue weighted by atomic mass is 19.1. The lowest BCUT2D eigenvalue weighted by Gasteiger charge is -2.13. The van der Waals surface area contributed by atoms with Crippen molar-refractivity contribution in [1.82, 2.24) is 4.90 Å². The number of hydrogen-bond acceptors (Lipinski definition) is 2. The van der Waals surface area contributed by atoms with Crippen LogP contribution in [-0.4, -0.2) is 41.9 Å². The summed E-state index contributed by atoms with van der Waals surface area (Å²) in [7, 11) is 1.81. The highest BCUT2D eigenvalue weighted by Gasteiger charge is 2.35. The number of hydrogen-bond donors (Lipinski definition) is 1. The van der Waals surface area contributed by atoms with Gasteiger partial charge in [0.1, 0.15) is 6.17 Å². The average Bonchev–Trinajstić information content (AvgIpc) is 1.98. The molecule has 54 valence electrons. The lowest BCUT2D eigenvalue weighted by Crippen LogP contribution is -2.27. The normalized spacial score (nSPS) is 46.0. The van der Waals surface area contributed by atoms with Crippen LogP contribution in [0.1, 0.15) is 6.92 Å². The van der Waals surface area contributed by atoms with Crippen LogP contribution in [-0.2, 0) is 0 Å². The number of alkyl halides is 1. The van der Waals surface area contributed by atoms with Gasteiger partial charge in [-0.05, 0) is 14.0 Å². The Morgan fingerprint density at radius 2 is 2.22 bits per heavy atom. The lowest BCUT2D eigenvalue weighted by molar-refractivity contribution is 0.107. The van der Waals surface area contributed by atoms with E-state index in [0.717, 1.165) is 0 Å². The maximum absolute atomic E-state index is 12.7. The van der Waals surface area contributed by atoms with Crippen molar-refractivity contribution in [2.24, 2.45) is 0 Å². The Hall–Kier alpha value is -0.150. The Bertz CT molecular complexity index is 97.2. The minimum absolute atomic E-state index is 0.125. The van der Waals surface area contributed by atoms with Crippen LogP contribution in [0.4, 0.5) is 4.39 Å². The lowest BCUT2D eigenvalue weighted by atomic mass is 10.2. The molecular formula is C6H12FNO. The minimum Gasteiger partial charge on any atom is -0.389 e. The summed E-state index contributed by atoms with van der Waals surface area (Å²) >= 11 is 0. The van der Waals surface area contributed by atoms with Gasteiger partial charge in [-0.1, -0.05) is 0 Å². The molecule has 1 heterocycles. The van der Waals surface area contributed by atoms with E-state index in [9.17, 15) is 4.39 Å². The molecule has 1 aliphatic rings. The summed E-state index contributed by atoms with van der Waals surface area (Å²) in [5, 5.41) is 8.92. The third-order valence-corrected chi connectivity index (χ3v) is 2.00. The van der Waals surface area contributed by atoms with Crippen molar-refractivity contribution < 1.29 is 9.50 Å². The van der Waals surface area contributed by atoms with Gasteiger partial charge in [-0.15, -0.1) is 0 Å². The summed E-state index contributed by atoms with van der Waals surface area (Å²) in [6, 6.07) is -0.125. The van der Waals surface area contributed by atoms with Crippen LogP contribution in [0.3, 0.4) is 0 Å². The maximum atomic E-state index is 12.7. The molecule has 0 aliphatic carbocycles. The van der Waals surface area contributed by atoms with Gasteiger partial charge in [-0.3, -0.25) is 4.90 Å². The molecule has 0 aromatic carbocycles. The summed E-state index contributed by atoms with van der Waals surface area (Å²) in [5.41, 5.74) is 0. The smallest absolute Gasteiger partial charge is 0.142 e. The van der Waals surface area contributed by atoms with Gasteiger partial charge in [0.05, 0.1) is 6.10 Å². The molecule has 0 spiro atoms. The van der Waals surface area contributed by atoms with E-state index in [1.54, 1.807) is 6.92 Å². The van der Waals surface area contributed by atoms with Crippen molar-refractivity contribution in [2.45, 2.75) is 25.2 Å². The van der Waals surface area contributed by atoms with E-state index in [1.165, 1.54) is 0 Å². The molecule has 9 heavy (non-hydrogen) atoms. The van der Waals surface area contributed by atoms with Gasteiger partial charge in [0.2, 0.25) is 0 Å². The van der Waals surface area contributed by atoms with Crippen LogP contribution in [0.15, 0.2) is 0 Å². The number of aliphatic hydroxyl groups excluding tert-OH is 1. The molecular weight excluding hydrogens is 121 g/mol. The monoisotopic (exact) mass is 133 g/mol. The molecule has 0 bridgehead atoms. The molecule has 0 saturated carbocycles. The molecule has 0 radical (unpaired) electrons. The molecule has 2 nitrogen and oxygen atoms in total. The summed E-state index contributed by atoms with van der Waals surface area (Å²) in [6.45, 7) is 2.24. The van der Waals surface area contributed by atoms with Crippen molar-refractivity contribution in [2.75, 3.05) is 13.6 Å². The first kappa shape index (κ1) is 6.96. The Labute approximate surface area is 54.3 Å². The van der Waals surface area contributed by atoms with Gasteiger partial charge < -0.3 is 5.11 Å². The predicted octanol–water partition coefficient (Wildman–Crippen LogP) is 0.0193. The Morgan fingerprint density at radius 1 is 1.67 bits per heavy atom. The van der Waals surface area contributed by atoms with E-state index in [1.807, 2.05) is 11.9 Å². The molecule has 0 unspecified atom stereocenters. The van der Waals surface area contributed by atoms with E-state index in [-0.39, 0.29) is 6.04 Å². The molecule has 3 atom stereocenters. The first-order valence-corrected chi connectivity index (χ1v) is 3.15. The van der Waals surface area contributed by atoms with Crippen LogP contribution in [0.2, 0.25) is 0 Å². The van der Waals surface area contributed by atoms with Crippen LogP contribution in [0.25, 0.3) is 0 Å². The molecule has 0 amide bonds.